The van der Waals surface area contributed by atoms with Crippen LogP contribution in [0.2, 0.25) is 0 Å². The van der Waals surface area contributed by atoms with Gasteiger partial charge in [-0.25, -0.2) is 5.43 Å². The lowest BCUT2D eigenvalue weighted by Gasteiger charge is -2.24. The summed E-state index contributed by atoms with van der Waals surface area (Å²) in [5.41, 5.74) is 5.56. The summed E-state index contributed by atoms with van der Waals surface area (Å²) in [6, 6.07) is 8.48. The van der Waals surface area contributed by atoms with Gasteiger partial charge < -0.3 is 0 Å². The minimum absolute atomic E-state index is 0.785. The van der Waals surface area contributed by atoms with Gasteiger partial charge in [-0.1, -0.05) is 18.2 Å². The van der Waals surface area contributed by atoms with Crippen LogP contribution in [0, 0.1) is 11.3 Å². The normalized spacial score (nSPS) is 18.3. The molecule has 0 saturated carbocycles. The Hall–Kier alpha value is -1.37. The molecule has 0 radical (unpaired) electrons. The number of nitrogens with zero attached hydrogens (tertiary/aromatic N) is 1. The lowest BCUT2D eigenvalue weighted by Crippen LogP contribution is -2.43. The Kier molecular flexibility index (Phi) is 2.95. The fraction of sp³-hybridized carbons (Fsp3) is 0.462. The van der Waals surface area contributed by atoms with Crippen LogP contribution in [0.15, 0.2) is 18.2 Å². The van der Waals surface area contributed by atoms with E-state index in [1.54, 1.807) is 6.92 Å². The van der Waals surface area contributed by atoms with Gasteiger partial charge >= 0.3 is 0 Å². The van der Waals surface area contributed by atoms with Crippen molar-refractivity contribution in [1.29, 1.82) is 5.26 Å². The topological polar surface area (TPSA) is 61.8 Å². The van der Waals surface area contributed by atoms with Crippen LogP contribution >= 0.6 is 0 Å². The summed E-state index contributed by atoms with van der Waals surface area (Å²) in [7, 11) is 0. The van der Waals surface area contributed by atoms with Crippen LogP contribution in [0.3, 0.4) is 0 Å². The standard InChI is InChI=1S/C13H17N3/c1-13(9-14,16-15)12-7-6-10-4-2-3-5-11(10)8-12/h6-8,16H,2-5,15H2,1H3. The molecule has 1 aliphatic rings. The molecule has 84 valence electrons. The highest BCUT2D eigenvalue weighted by molar-refractivity contribution is 5.39. The van der Waals surface area contributed by atoms with Gasteiger partial charge in [0.15, 0.2) is 0 Å². The fourth-order valence-corrected chi connectivity index (χ4v) is 2.22. The number of rotatable bonds is 2. The molecule has 0 aliphatic heterocycles. The molecule has 0 fully saturated rings. The van der Waals surface area contributed by atoms with Gasteiger partial charge in [0.2, 0.25) is 0 Å². The van der Waals surface area contributed by atoms with E-state index in [2.05, 4.69) is 23.6 Å². The second-order valence-corrected chi connectivity index (χ2v) is 4.57. The Morgan fingerprint density at radius 3 is 2.62 bits per heavy atom. The molecule has 16 heavy (non-hydrogen) atoms. The Morgan fingerprint density at radius 2 is 2.00 bits per heavy atom. The van der Waals surface area contributed by atoms with Crippen molar-refractivity contribution in [1.82, 2.24) is 5.43 Å². The second-order valence-electron chi connectivity index (χ2n) is 4.57. The van der Waals surface area contributed by atoms with Crippen molar-refractivity contribution >= 4 is 0 Å². The van der Waals surface area contributed by atoms with E-state index in [0.29, 0.717) is 0 Å². The SMILES string of the molecule is CC(C#N)(NN)c1ccc2c(c1)CCCC2. The van der Waals surface area contributed by atoms with E-state index in [1.807, 2.05) is 6.07 Å². The number of aryl methyl sites for hydroxylation is 2. The molecule has 1 atom stereocenters. The summed E-state index contributed by atoms with van der Waals surface area (Å²) in [4.78, 5) is 0. The maximum atomic E-state index is 9.15. The zero-order valence-electron chi connectivity index (χ0n) is 9.59. The summed E-state index contributed by atoms with van der Waals surface area (Å²) in [6.07, 6.45) is 4.80. The van der Waals surface area contributed by atoms with E-state index in [-0.39, 0.29) is 0 Å². The molecule has 0 saturated heterocycles. The van der Waals surface area contributed by atoms with Crippen LogP contribution in [0.4, 0.5) is 0 Å². The van der Waals surface area contributed by atoms with Crippen molar-refractivity contribution in [3.63, 3.8) is 0 Å². The number of hydrogen-bond donors (Lipinski definition) is 2. The molecule has 1 aromatic rings. The molecule has 2 rings (SSSR count). The number of benzene rings is 1. The number of fused-ring (bicyclic) bond motifs is 1. The maximum Gasteiger partial charge on any atom is 0.141 e. The fourth-order valence-electron chi connectivity index (χ4n) is 2.22. The molecule has 0 heterocycles. The van der Waals surface area contributed by atoms with E-state index in [9.17, 15) is 0 Å². The predicted molar refractivity (Wildman–Crippen MR) is 63.4 cm³/mol. The Labute approximate surface area is 96.2 Å². The zero-order chi connectivity index (χ0) is 11.6. The summed E-state index contributed by atoms with van der Waals surface area (Å²) >= 11 is 0. The van der Waals surface area contributed by atoms with Gasteiger partial charge in [-0.2, -0.15) is 5.26 Å². The third kappa shape index (κ3) is 1.82. The molecule has 0 bridgehead atoms. The van der Waals surface area contributed by atoms with Gasteiger partial charge in [0.1, 0.15) is 5.54 Å². The van der Waals surface area contributed by atoms with Crippen LogP contribution in [-0.4, -0.2) is 0 Å². The smallest absolute Gasteiger partial charge is 0.141 e. The Balaban J connectivity index is 2.41. The van der Waals surface area contributed by atoms with Gasteiger partial charge in [-0.05, 0) is 49.3 Å². The average molecular weight is 215 g/mol. The van der Waals surface area contributed by atoms with Gasteiger partial charge in [0.25, 0.3) is 0 Å². The molecule has 3 heteroatoms. The van der Waals surface area contributed by atoms with Crippen molar-refractivity contribution in [2.24, 2.45) is 5.84 Å². The van der Waals surface area contributed by atoms with Gasteiger partial charge in [0, 0.05) is 0 Å². The van der Waals surface area contributed by atoms with Crippen LogP contribution in [0.5, 0.6) is 0 Å². The molecular formula is C13H17N3. The van der Waals surface area contributed by atoms with E-state index < -0.39 is 5.54 Å². The highest BCUT2D eigenvalue weighted by Gasteiger charge is 2.25. The van der Waals surface area contributed by atoms with E-state index in [4.69, 9.17) is 11.1 Å². The number of nitriles is 1. The van der Waals surface area contributed by atoms with Crippen LogP contribution in [0.1, 0.15) is 36.5 Å². The average Bonchev–Trinajstić information content (AvgIpc) is 2.37. The molecule has 3 N–H and O–H groups in total. The lowest BCUT2D eigenvalue weighted by molar-refractivity contribution is 0.481. The first-order valence-electron chi connectivity index (χ1n) is 5.71. The Bertz CT molecular complexity index is 433. The summed E-state index contributed by atoms with van der Waals surface area (Å²) < 4.78 is 0. The van der Waals surface area contributed by atoms with Crippen molar-refractivity contribution < 1.29 is 0 Å². The van der Waals surface area contributed by atoms with E-state index in [0.717, 1.165) is 18.4 Å². The third-order valence-electron chi connectivity index (χ3n) is 3.44. The second kappa shape index (κ2) is 4.25. The molecule has 3 nitrogen and oxygen atoms in total. The number of hydrogen-bond acceptors (Lipinski definition) is 3. The maximum absolute atomic E-state index is 9.15. The Morgan fingerprint density at radius 1 is 1.31 bits per heavy atom. The van der Waals surface area contributed by atoms with Crippen molar-refractivity contribution in [2.75, 3.05) is 0 Å². The number of nitrogens with one attached hydrogen (secondary N) is 1. The van der Waals surface area contributed by atoms with Gasteiger partial charge in [-0.3, -0.25) is 5.84 Å². The minimum atomic E-state index is -0.785. The van der Waals surface area contributed by atoms with Gasteiger partial charge in [-0.15, -0.1) is 0 Å². The summed E-state index contributed by atoms with van der Waals surface area (Å²) in [5, 5.41) is 9.15. The molecular weight excluding hydrogens is 198 g/mol. The van der Waals surface area contributed by atoms with Crippen molar-refractivity contribution in [2.45, 2.75) is 38.1 Å². The number of nitrogens with two attached hydrogens (primary N) is 1. The molecule has 1 aliphatic carbocycles. The van der Waals surface area contributed by atoms with Crippen molar-refractivity contribution in [3.8, 4) is 6.07 Å². The minimum Gasteiger partial charge on any atom is -0.270 e. The monoisotopic (exact) mass is 215 g/mol. The van der Waals surface area contributed by atoms with Crippen LogP contribution in [0.25, 0.3) is 0 Å². The van der Waals surface area contributed by atoms with E-state index >= 15 is 0 Å². The third-order valence-corrected chi connectivity index (χ3v) is 3.44. The molecule has 1 aromatic carbocycles. The highest BCUT2D eigenvalue weighted by atomic mass is 15.3. The first kappa shape index (κ1) is 11.1. The van der Waals surface area contributed by atoms with Crippen LogP contribution in [-0.2, 0) is 18.4 Å². The molecule has 1 unspecified atom stereocenters. The first-order chi connectivity index (χ1) is 7.69. The predicted octanol–water partition coefficient (Wildman–Crippen LogP) is 1.77. The molecule has 0 aromatic heterocycles. The van der Waals surface area contributed by atoms with Crippen LogP contribution < -0.4 is 11.3 Å². The quantitative estimate of drug-likeness (QED) is 0.584. The number of hydrazine groups is 1. The molecule has 0 spiro atoms. The zero-order valence-corrected chi connectivity index (χ0v) is 9.59. The largest absolute Gasteiger partial charge is 0.270 e. The van der Waals surface area contributed by atoms with Gasteiger partial charge in [0.05, 0.1) is 6.07 Å². The molecule has 0 amide bonds. The summed E-state index contributed by atoms with van der Waals surface area (Å²) in [5.74, 6) is 5.45. The highest BCUT2D eigenvalue weighted by Crippen LogP contribution is 2.26. The van der Waals surface area contributed by atoms with E-state index in [1.165, 1.54) is 24.0 Å². The van der Waals surface area contributed by atoms with Crippen molar-refractivity contribution in [3.05, 3.63) is 34.9 Å². The lowest BCUT2D eigenvalue weighted by atomic mass is 9.86. The summed E-state index contributed by atoms with van der Waals surface area (Å²) in [6.45, 7) is 1.80. The first-order valence-corrected chi connectivity index (χ1v) is 5.71.